The summed E-state index contributed by atoms with van der Waals surface area (Å²) in [5, 5.41) is 11.1. The Hall–Kier alpha value is -1.92. The molecule has 0 spiro atoms. The third-order valence-electron chi connectivity index (χ3n) is 3.38. The number of aromatic nitrogens is 2. The lowest BCUT2D eigenvalue weighted by Gasteiger charge is -2.35. The number of nitrogen functional groups attached to an aromatic ring is 1. The summed E-state index contributed by atoms with van der Waals surface area (Å²) >= 11 is 0. The molecule has 1 aromatic rings. The number of rotatable bonds is 3. The van der Waals surface area contributed by atoms with Crippen molar-refractivity contribution < 1.29 is 4.92 Å². The van der Waals surface area contributed by atoms with E-state index in [9.17, 15) is 10.1 Å². The number of nitrogens with zero attached hydrogens (tertiary/aromatic N) is 4. The highest BCUT2D eigenvalue weighted by molar-refractivity contribution is 5.68. The van der Waals surface area contributed by atoms with E-state index in [1.165, 1.54) is 6.33 Å². The van der Waals surface area contributed by atoms with E-state index >= 15 is 0 Å². The zero-order valence-corrected chi connectivity index (χ0v) is 10.4. The fourth-order valence-electron chi connectivity index (χ4n) is 2.47. The number of piperidine rings is 1. The summed E-state index contributed by atoms with van der Waals surface area (Å²) in [6.07, 6.45) is 5.46. The summed E-state index contributed by atoms with van der Waals surface area (Å²) in [6.45, 7) is 2.87. The summed E-state index contributed by atoms with van der Waals surface area (Å²) in [6, 6.07) is 0.298. The van der Waals surface area contributed by atoms with Crippen LogP contribution in [0, 0.1) is 10.1 Å². The number of hydrogen-bond donors (Lipinski definition) is 1. The van der Waals surface area contributed by atoms with Gasteiger partial charge in [0.05, 0.1) is 4.92 Å². The lowest BCUT2D eigenvalue weighted by atomic mass is 10.00. The minimum atomic E-state index is -0.494. The van der Waals surface area contributed by atoms with Gasteiger partial charge in [-0.2, -0.15) is 0 Å². The Labute approximate surface area is 105 Å². The van der Waals surface area contributed by atoms with Crippen LogP contribution in [0.15, 0.2) is 6.33 Å². The van der Waals surface area contributed by atoms with Crippen molar-refractivity contribution in [2.45, 2.75) is 38.6 Å². The molecule has 0 aromatic carbocycles. The van der Waals surface area contributed by atoms with Crippen molar-refractivity contribution in [3.63, 3.8) is 0 Å². The Morgan fingerprint density at radius 1 is 1.56 bits per heavy atom. The normalized spacial score (nSPS) is 19.8. The van der Waals surface area contributed by atoms with E-state index in [4.69, 9.17) is 5.73 Å². The predicted molar refractivity (Wildman–Crippen MR) is 68.4 cm³/mol. The van der Waals surface area contributed by atoms with Crippen molar-refractivity contribution in [2.24, 2.45) is 0 Å². The first-order valence-corrected chi connectivity index (χ1v) is 6.16. The van der Waals surface area contributed by atoms with Crippen LogP contribution < -0.4 is 10.6 Å². The quantitative estimate of drug-likeness (QED) is 0.649. The van der Waals surface area contributed by atoms with Crippen molar-refractivity contribution in [3.8, 4) is 0 Å². The van der Waals surface area contributed by atoms with Crippen LogP contribution in [0.4, 0.5) is 17.3 Å². The Bertz CT molecular complexity index is 451. The van der Waals surface area contributed by atoms with Gasteiger partial charge in [-0.1, -0.05) is 6.92 Å². The summed E-state index contributed by atoms with van der Waals surface area (Å²) in [4.78, 5) is 20.4. The molecule has 2 rings (SSSR count). The molecule has 0 saturated carbocycles. The fraction of sp³-hybridized carbons (Fsp3) is 0.636. The molecule has 1 aliphatic rings. The second-order valence-corrected chi connectivity index (χ2v) is 4.44. The van der Waals surface area contributed by atoms with E-state index in [1.54, 1.807) is 0 Å². The molecule has 2 heterocycles. The largest absolute Gasteiger partial charge is 0.378 e. The van der Waals surface area contributed by atoms with Gasteiger partial charge in [-0.3, -0.25) is 10.1 Å². The molecule has 1 fully saturated rings. The van der Waals surface area contributed by atoms with Crippen LogP contribution in [0.3, 0.4) is 0 Å². The molecule has 1 aromatic heterocycles. The van der Waals surface area contributed by atoms with Crippen molar-refractivity contribution in [3.05, 3.63) is 16.4 Å². The van der Waals surface area contributed by atoms with Gasteiger partial charge in [-0.05, 0) is 25.7 Å². The molecule has 1 saturated heterocycles. The Balaban J connectivity index is 2.42. The molecular formula is C11H17N5O2. The predicted octanol–water partition coefficient (Wildman–Crippen LogP) is 1.74. The summed E-state index contributed by atoms with van der Waals surface area (Å²) in [7, 11) is 0. The molecule has 2 N–H and O–H groups in total. The fourth-order valence-corrected chi connectivity index (χ4v) is 2.47. The highest BCUT2D eigenvalue weighted by Crippen LogP contribution is 2.34. The number of hydrogen-bond acceptors (Lipinski definition) is 6. The summed E-state index contributed by atoms with van der Waals surface area (Å²) in [5.74, 6) is 0.296. The topological polar surface area (TPSA) is 98.2 Å². The third kappa shape index (κ3) is 2.20. The van der Waals surface area contributed by atoms with Crippen LogP contribution in [-0.4, -0.2) is 27.5 Å². The molecule has 0 aliphatic carbocycles. The molecular weight excluding hydrogens is 234 g/mol. The molecule has 0 bridgehead atoms. The average Bonchev–Trinajstić information content (AvgIpc) is 2.38. The highest BCUT2D eigenvalue weighted by Gasteiger charge is 2.30. The third-order valence-corrected chi connectivity index (χ3v) is 3.38. The Kier molecular flexibility index (Phi) is 3.59. The van der Waals surface area contributed by atoms with E-state index in [1.807, 2.05) is 4.90 Å². The molecule has 7 nitrogen and oxygen atoms in total. The first-order chi connectivity index (χ1) is 8.65. The smallest absolute Gasteiger partial charge is 0.353 e. The first-order valence-electron chi connectivity index (χ1n) is 6.16. The molecule has 0 radical (unpaired) electrons. The van der Waals surface area contributed by atoms with Gasteiger partial charge in [-0.25, -0.2) is 9.97 Å². The lowest BCUT2D eigenvalue weighted by Crippen LogP contribution is -2.40. The van der Waals surface area contributed by atoms with Crippen molar-refractivity contribution in [1.29, 1.82) is 0 Å². The van der Waals surface area contributed by atoms with Gasteiger partial charge >= 0.3 is 5.69 Å². The van der Waals surface area contributed by atoms with E-state index < -0.39 is 4.92 Å². The van der Waals surface area contributed by atoms with E-state index in [-0.39, 0.29) is 11.5 Å². The first kappa shape index (κ1) is 12.5. The molecule has 7 heteroatoms. The second-order valence-electron chi connectivity index (χ2n) is 4.44. The Morgan fingerprint density at radius 3 is 3.00 bits per heavy atom. The van der Waals surface area contributed by atoms with E-state index in [2.05, 4.69) is 16.9 Å². The highest BCUT2D eigenvalue weighted by atomic mass is 16.6. The van der Waals surface area contributed by atoms with Crippen LogP contribution in [0.2, 0.25) is 0 Å². The lowest BCUT2D eigenvalue weighted by molar-refractivity contribution is -0.383. The molecule has 18 heavy (non-hydrogen) atoms. The maximum atomic E-state index is 11.1. The van der Waals surface area contributed by atoms with Crippen LogP contribution in [0.1, 0.15) is 32.6 Å². The van der Waals surface area contributed by atoms with Gasteiger partial charge in [0.25, 0.3) is 0 Å². The van der Waals surface area contributed by atoms with E-state index in [0.29, 0.717) is 11.9 Å². The summed E-state index contributed by atoms with van der Waals surface area (Å²) in [5.41, 5.74) is 5.43. The molecule has 98 valence electrons. The van der Waals surface area contributed by atoms with Crippen molar-refractivity contribution in [2.75, 3.05) is 17.2 Å². The van der Waals surface area contributed by atoms with Gasteiger partial charge in [0.15, 0.2) is 0 Å². The average molecular weight is 251 g/mol. The van der Waals surface area contributed by atoms with Crippen LogP contribution in [-0.2, 0) is 0 Å². The monoisotopic (exact) mass is 251 g/mol. The van der Waals surface area contributed by atoms with Crippen LogP contribution >= 0.6 is 0 Å². The SMILES string of the molecule is CC[C@@H]1CCCCN1c1ncnc(N)c1[N+](=O)[O-]. The molecule has 1 aliphatic heterocycles. The summed E-state index contributed by atoms with van der Waals surface area (Å²) < 4.78 is 0. The minimum absolute atomic E-state index is 0.0644. The van der Waals surface area contributed by atoms with Gasteiger partial charge < -0.3 is 10.6 Å². The molecule has 1 atom stereocenters. The van der Waals surface area contributed by atoms with E-state index in [0.717, 1.165) is 32.2 Å². The van der Waals surface area contributed by atoms with Gasteiger partial charge in [0.2, 0.25) is 11.6 Å². The van der Waals surface area contributed by atoms with Gasteiger partial charge in [0.1, 0.15) is 6.33 Å². The second kappa shape index (κ2) is 5.16. The van der Waals surface area contributed by atoms with Crippen LogP contribution in [0.5, 0.6) is 0 Å². The Morgan fingerprint density at radius 2 is 2.33 bits per heavy atom. The standard InChI is InChI=1S/C11H17N5O2/c1-2-8-5-3-4-6-15(8)11-9(16(17)18)10(12)13-7-14-11/h7-8H,2-6H2,1H3,(H2,12,13,14)/t8-/m1/s1. The maximum absolute atomic E-state index is 11.1. The zero-order chi connectivity index (χ0) is 13.1. The number of nitro groups is 1. The van der Waals surface area contributed by atoms with Crippen molar-refractivity contribution >= 4 is 17.3 Å². The van der Waals surface area contributed by atoms with Crippen molar-refractivity contribution in [1.82, 2.24) is 9.97 Å². The molecule has 0 unspecified atom stereocenters. The van der Waals surface area contributed by atoms with Gasteiger partial charge in [-0.15, -0.1) is 0 Å². The van der Waals surface area contributed by atoms with Gasteiger partial charge in [0, 0.05) is 12.6 Å². The number of nitrogens with two attached hydrogens (primary N) is 1. The zero-order valence-electron chi connectivity index (χ0n) is 10.4. The van der Waals surface area contributed by atoms with Crippen LogP contribution in [0.25, 0.3) is 0 Å². The number of anilines is 2. The molecule has 0 amide bonds. The minimum Gasteiger partial charge on any atom is -0.378 e. The maximum Gasteiger partial charge on any atom is 0.353 e.